The normalized spacial score (nSPS) is 28.5. The van der Waals surface area contributed by atoms with Gasteiger partial charge in [-0.2, -0.15) is 0 Å². The summed E-state index contributed by atoms with van der Waals surface area (Å²) < 4.78 is 3.11. The van der Waals surface area contributed by atoms with Gasteiger partial charge in [0, 0.05) is 26.2 Å². The number of carbonyl (C=O) groups is 2. The maximum Gasteiger partial charge on any atom is 0.270 e. The van der Waals surface area contributed by atoms with E-state index in [0.717, 1.165) is 41.7 Å². The maximum atomic E-state index is 13.1. The number of fused-ring (bicyclic) bond motifs is 1. The Morgan fingerprint density at radius 2 is 2.00 bits per heavy atom. The van der Waals surface area contributed by atoms with Crippen molar-refractivity contribution in [3.63, 3.8) is 0 Å². The third-order valence-corrected chi connectivity index (χ3v) is 7.85. The number of carbonyl (C=O) groups excluding carboxylic acids is 2. The van der Waals surface area contributed by atoms with Gasteiger partial charge in [-0.25, -0.2) is 0 Å². The van der Waals surface area contributed by atoms with E-state index in [1.807, 2.05) is 28.0 Å². The number of thiophene rings is 1. The zero-order valence-electron chi connectivity index (χ0n) is 17.1. The van der Waals surface area contributed by atoms with Gasteiger partial charge in [-0.3, -0.25) is 9.59 Å². The van der Waals surface area contributed by atoms with Crippen LogP contribution in [0.2, 0.25) is 0 Å². The fourth-order valence-electron chi connectivity index (χ4n) is 4.88. The predicted molar refractivity (Wildman–Crippen MR) is 114 cm³/mol. The van der Waals surface area contributed by atoms with E-state index in [4.69, 9.17) is 0 Å². The number of aryl methyl sites for hydroxylation is 1. The quantitative estimate of drug-likeness (QED) is 0.844. The van der Waals surface area contributed by atoms with Crippen molar-refractivity contribution < 1.29 is 9.59 Å². The first-order chi connectivity index (χ1) is 13.5. The van der Waals surface area contributed by atoms with Gasteiger partial charge < -0.3 is 14.8 Å². The lowest BCUT2D eigenvalue weighted by molar-refractivity contribution is -0.127. The van der Waals surface area contributed by atoms with Crippen molar-refractivity contribution in [2.45, 2.75) is 52.0 Å². The highest BCUT2D eigenvalue weighted by Crippen LogP contribution is 2.30. The number of amides is 2. The van der Waals surface area contributed by atoms with Crippen LogP contribution in [0.1, 0.15) is 56.4 Å². The molecule has 28 heavy (non-hydrogen) atoms. The smallest absolute Gasteiger partial charge is 0.270 e. The molecule has 3 heterocycles. The van der Waals surface area contributed by atoms with Crippen LogP contribution in [-0.2, 0) is 11.8 Å². The molecule has 0 radical (unpaired) electrons. The minimum absolute atomic E-state index is 0.0445. The van der Waals surface area contributed by atoms with Crippen LogP contribution in [-0.4, -0.2) is 40.4 Å². The van der Waals surface area contributed by atoms with Crippen molar-refractivity contribution in [1.82, 2.24) is 14.8 Å². The minimum atomic E-state index is -0.0940. The molecule has 2 amide bonds. The van der Waals surface area contributed by atoms with Crippen LogP contribution >= 0.6 is 11.3 Å². The number of hydrogen-bond donors (Lipinski definition) is 1. The Kier molecular flexibility index (Phi) is 5.50. The molecular formula is C22H31N3O2S. The van der Waals surface area contributed by atoms with Crippen LogP contribution in [0.5, 0.6) is 0 Å². The van der Waals surface area contributed by atoms with Crippen molar-refractivity contribution in [1.29, 1.82) is 0 Å². The van der Waals surface area contributed by atoms with E-state index in [2.05, 4.69) is 25.2 Å². The fraction of sp³-hybridized carbons (Fsp3) is 0.636. The summed E-state index contributed by atoms with van der Waals surface area (Å²) in [7, 11) is 1.95. The Morgan fingerprint density at radius 1 is 1.18 bits per heavy atom. The van der Waals surface area contributed by atoms with E-state index in [9.17, 15) is 9.59 Å². The Labute approximate surface area is 171 Å². The Morgan fingerprint density at radius 3 is 2.79 bits per heavy atom. The highest BCUT2D eigenvalue weighted by Gasteiger charge is 2.33. The topological polar surface area (TPSA) is 54.3 Å². The van der Waals surface area contributed by atoms with Gasteiger partial charge in [-0.05, 0) is 48.6 Å². The first-order valence-electron chi connectivity index (χ1n) is 10.6. The van der Waals surface area contributed by atoms with Crippen molar-refractivity contribution >= 4 is 33.4 Å². The van der Waals surface area contributed by atoms with Gasteiger partial charge in [0.05, 0.1) is 16.1 Å². The van der Waals surface area contributed by atoms with E-state index in [1.54, 1.807) is 11.3 Å². The van der Waals surface area contributed by atoms with Crippen molar-refractivity contribution in [3.8, 4) is 0 Å². The number of nitrogens with one attached hydrogen (secondary N) is 1. The molecule has 2 aliphatic rings. The molecule has 1 saturated carbocycles. The Hall–Kier alpha value is -1.82. The van der Waals surface area contributed by atoms with E-state index in [-0.39, 0.29) is 23.8 Å². The van der Waals surface area contributed by atoms with Gasteiger partial charge in [0.2, 0.25) is 5.91 Å². The van der Waals surface area contributed by atoms with Gasteiger partial charge in [-0.15, -0.1) is 11.3 Å². The summed E-state index contributed by atoms with van der Waals surface area (Å²) in [6.07, 6.45) is 5.28. The molecule has 4 rings (SSSR count). The maximum absolute atomic E-state index is 13.1. The second kappa shape index (κ2) is 7.90. The second-order valence-electron chi connectivity index (χ2n) is 8.73. The van der Waals surface area contributed by atoms with E-state index >= 15 is 0 Å². The number of likely N-dealkylation sites (tertiary alicyclic amines) is 1. The minimum Gasteiger partial charge on any atom is -0.353 e. The average Bonchev–Trinajstić information content (AvgIpc) is 3.28. The third kappa shape index (κ3) is 3.59. The van der Waals surface area contributed by atoms with Crippen molar-refractivity contribution in [2.24, 2.45) is 24.8 Å². The lowest BCUT2D eigenvalue weighted by Gasteiger charge is -2.37. The van der Waals surface area contributed by atoms with E-state index < -0.39 is 0 Å². The molecule has 2 aromatic rings. The molecule has 1 aliphatic carbocycles. The van der Waals surface area contributed by atoms with Crippen LogP contribution in [0.25, 0.3) is 10.2 Å². The molecule has 0 spiro atoms. The average molecular weight is 402 g/mol. The van der Waals surface area contributed by atoms with Crippen LogP contribution in [0.4, 0.5) is 0 Å². The highest BCUT2D eigenvalue weighted by atomic mass is 32.1. The SMILES string of the molecule is C[C@@H]1[C@H](C)CCC[C@@H]1NC(=O)[C@H]1CCCN(C(=O)c2cc3sccc3n2C)C1. The first-order valence-corrected chi connectivity index (χ1v) is 11.5. The van der Waals surface area contributed by atoms with Gasteiger partial charge in [0.1, 0.15) is 5.69 Å². The molecule has 152 valence electrons. The van der Waals surface area contributed by atoms with Gasteiger partial charge in [0.15, 0.2) is 0 Å². The molecule has 0 aromatic carbocycles. The predicted octanol–water partition coefficient (Wildman–Crippen LogP) is 4.03. The lowest BCUT2D eigenvalue weighted by atomic mass is 9.78. The van der Waals surface area contributed by atoms with Gasteiger partial charge >= 0.3 is 0 Å². The van der Waals surface area contributed by atoms with E-state index in [1.165, 1.54) is 12.8 Å². The molecule has 1 N–H and O–H groups in total. The Bertz CT molecular complexity index is 870. The van der Waals surface area contributed by atoms with Crippen molar-refractivity contribution in [2.75, 3.05) is 13.1 Å². The largest absolute Gasteiger partial charge is 0.353 e. The van der Waals surface area contributed by atoms with Crippen LogP contribution in [0.3, 0.4) is 0 Å². The van der Waals surface area contributed by atoms with Crippen LogP contribution in [0.15, 0.2) is 17.5 Å². The molecular weight excluding hydrogens is 370 g/mol. The first kappa shape index (κ1) is 19.5. The zero-order chi connectivity index (χ0) is 19.8. The monoisotopic (exact) mass is 401 g/mol. The summed E-state index contributed by atoms with van der Waals surface area (Å²) in [5, 5.41) is 5.37. The standard InChI is InChI=1S/C22H31N3O2S/c1-14-6-4-8-17(15(14)2)23-21(26)16-7-5-10-25(13-16)22(27)19-12-20-18(24(19)3)9-11-28-20/h9,11-12,14-17H,4-8,10,13H2,1-3H3,(H,23,26)/t14-,15-,16+,17+/m1/s1. The molecule has 2 aromatic heterocycles. The molecule has 1 saturated heterocycles. The summed E-state index contributed by atoms with van der Waals surface area (Å²) in [5.41, 5.74) is 1.82. The number of rotatable bonds is 3. The Balaban J connectivity index is 1.42. The van der Waals surface area contributed by atoms with Crippen LogP contribution in [0, 0.1) is 17.8 Å². The molecule has 4 atom stereocenters. The van der Waals surface area contributed by atoms with Crippen LogP contribution < -0.4 is 5.32 Å². The number of piperidine rings is 1. The summed E-state index contributed by atoms with van der Waals surface area (Å²) in [5.74, 6) is 1.27. The van der Waals surface area contributed by atoms with Gasteiger partial charge in [0.25, 0.3) is 5.91 Å². The number of hydrogen-bond acceptors (Lipinski definition) is 3. The summed E-state index contributed by atoms with van der Waals surface area (Å²) in [6, 6.07) is 4.31. The molecule has 1 aliphatic heterocycles. The summed E-state index contributed by atoms with van der Waals surface area (Å²) >= 11 is 1.66. The zero-order valence-corrected chi connectivity index (χ0v) is 17.9. The fourth-order valence-corrected chi connectivity index (χ4v) is 5.73. The van der Waals surface area contributed by atoms with Crippen molar-refractivity contribution in [3.05, 3.63) is 23.2 Å². The molecule has 0 bridgehead atoms. The second-order valence-corrected chi connectivity index (χ2v) is 9.68. The number of aromatic nitrogens is 1. The third-order valence-electron chi connectivity index (χ3n) is 7.00. The lowest BCUT2D eigenvalue weighted by Crippen LogP contribution is -2.50. The number of nitrogens with zero attached hydrogens (tertiary/aromatic N) is 2. The molecule has 6 heteroatoms. The van der Waals surface area contributed by atoms with E-state index in [0.29, 0.717) is 18.4 Å². The summed E-state index contributed by atoms with van der Waals surface area (Å²) in [6.45, 7) is 5.81. The molecule has 5 nitrogen and oxygen atoms in total. The molecule has 0 unspecified atom stereocenters. The van der Waals surface area contributed by atoms with Gasteiger partial charge in [-0.1, -0.05) is 26.7 Å². The highest BCUT2D eigenvalue weighted by molar-refractivity contribution is 7.17. The molecule has 2 fully saturated rings. The summed E-state index contributed by atoms with van der Waals surface area (Å²) in [4.78, 5) is 27.9.